The largest absolute Gasteiger partial charge is 3.00 e. The molecule has 9 aromatic carbocycles. The molecule has 0 N–H and O–H groups in total. The number of rotatable bonds is 21. The van der Waals surface area contributed by atoms with Crippen LogP contribution in [0.15, 0.2) is 218 Å². The molecular weight excluding hydrogens is 1300 g/mol. The van der Waals surface area contributed by atoms with E-state index in [1.165, 1.54) is 218 Å². The number of carboxylic acid groups (broad SMARTS) is 3. The Bertz CT molecular complexity index is 2840. The molecule has 0 aliphatic heterocycles. The van der Waals surface area contributed by atoms with E-state index in [-0.39, 0.29) is 26.2 Å². The fourth-order valence-corrected chi connectivity index (χ4v) is 10.2. The predicted molar refractivity (Wildman–Crippen MR) is 302 cm³/mol. The molecule has 0 unspecified atom stereocenters. The average molecular weight is 1360 g/mol. The maximum atomic E-state index is 12.9. The van der Waals surface area contributed by atoms with Gasteiger partial charge in [0.25, 0.3) is 0 Å². The van der Waals surface area contributed by atoms with E-state index < -0.39 is 94.2 Å². The monoisotopic (exact) mass is 1360 g/mol. The molecular formula is C69H54BiF9O6. The van der Waals surface area contributed by atoms with Gasteiger partial charge in [0.05, 0.1) is 34.2 Å². The van der Waals surface area contributed by atoms with E-state index in [0.29, 0.717) is 100 Å². The van der Waals surface area contributed by atoms with Crippen molar-refractivity contribution in [1.82, 2.24) is 0 Å². The van der Waals surface area contributed by atoms with Crippen LogP contribution in [0, 0.1) is 0 Å². The first-order chi connectivity index (χ1) is 40.7. The Labute approximate surface area is 505 Å². The summed E-state index contributed by atoms with van der Waals surface area (Å²) in [6.45, 7) is -6.04. The number of hydrogen-bond acceptors (Lipinski definition) is 6. The third kappa shape index (κ3) is 13.9. The maximum Gasteiger partial charge on any atom is 3.00 e. The smallest absolute Gasteiger partial charge is 0.548 e. The summed E-state index contributed by atoms with van der Waals surface area (Å²) in [6.07, 6.45) is 0. The van der Waals surface area contributed by atoms with Crippen LogP contribution < -0.4 is 15.3 Å². The van der Waals surface area contributed by atoms with Gasteiger partial charge in [0.15, 0.2) is 0 Å². The molecule has 9 rings (SSSR count). The van der Waals surface area contributed by atoms with Gasteiger partial charge in [-0.15, -0.1) is 0 Å². The second kappa shape index (κ2) is 30.5. The van der Waals surface area contributed by atoms with E-state index in [1.54, 1.807) is 0 Å². The summed E-state index contributed by atoms with van der Waals surface area (Å²) in [4.78, 5) is 37.7. The molecule has 0 amide bonds. The summed E-state index contributed by atoms with van der Waals surface area (Å²) >= 11 is 0. The van der Waals surface area contributed by atoms with Crippen LogP contribution in [0.25, 0.3) is 0 Å². The molecule has 0 bridgehead atoms. The molecule has 0 aliphatic rings. The predicted octanol–water partition coefficient (Wildman–Crippen LogP) is 12.2. The van der Waals surface area contributed by atoms with Crippen molar-refractivity contribution in [3.05, 3.63) is 319 Å². The number of halogens is 9. The van der Waals surface area contributed by atoms with Crippen LogP contribution in [0.3, 0.4) is 0 Å². The molecule has 0 saturated carbocycles. The molecule has 0 atom stereocenters. The summed E-state index contributed by atoms with van der Waals surface area (Å²) in [5.74, 6) is -4.16. The zero-order chi connectivity index (χ0) is 60.4. The van der Waals surface area contributed by atoms with Crippen LogP contribution in [0.1, 0.15) is 100 Å². The Hall–Kier alpha value is -8.36. The Morgan fingerprint density at radius 1 is 0.212 bits per heavy atom. The number of carbonyl (C=O) groups excluding carboxylic acids is 3. The van der Waals surface area contributed by atoms with Crippen LogP contribution >= 0.6 is 0 Å². The molecule has 0 heterocycles. The molecule has 0 spiro atoms. The van der Waals surface area contributed by atoms with Gasteiger partial charge >= 0.3 is 26.2 Å². The van der Waals surface area contributed by atoms with Gasteiger partial charge in [-0.2, -0.15) is 0 Å². The van der Waals surface area contributed by atoms with Gasteiger partial charge in [-0.05, 0) is 100 Å². The normalized spacial score (nSPS) is 11.3. The van der Waals surface area contributed by atoms with Crippen molar-refractivity contribution < 1.29 is 69.2 Å². The topological polar surface area (TPSA) is 120 Å². The minimum atomic E-state index is -1.71. The SMILES string of the molecule is O=C([O-])C(c1ccc(CF)cc1)(c1ccc(CF)cc1)c1ccc(CF)cc1.O=C([O-])C(c1ccc(CF)cc1)(c1ccc(CF)cc1)c1ccc(CF)cc1.O=C([O-])C(c1ccc(CF)cc1)(c1ccc(CF)cc1)c1ccc(CF)cc1.[Bi+3]. The Morgan fingerprint density at radius 2 is 0.294 bits per heavy atom. The van der Waals surface area contributed by atoms with Crippen molar-refractivity contribution in [3.63, 3.8) is 0 Å². The number of carbonyl (C=O) groups is 3. The Morgan fingerprint density at radius 3 is 0.353 bits per heavy atom. The van der Waals surface area contributed by atoms with Crippen molar-refractivity contribution in [2.24, 2.45) is 0 Å². The van der Waals surface area contributed by atoms with Gasteiger partial charge in [0.1, 0.15) is 60.1 Å². The van der Waals surface area contributed by atoms with Gasteiger partial charge in [0.2, 0.25) is 0 Å². The third-order valence-electron chi connectivity index (χ3n) is 14.8. The van der Waals surface area contributed by atoms with Crippen LogP contribution in [0.2, 0.25) is 0 Å². The number of benzene rings is 9. The van der Waals surface area contributed by atoms with E-state index in [9.17, 15) is 69.2 Å². The minimum Gasteiger partial charge on any atom is -0.548 e. The van der Waals surface area contributed by atoms with Crippen LogP contribution in [-0.4, -0.2) is 44.1 Å². The van der Waals surface area contributed by atoms with Crippen LogP contribution in [0.4, 0.5) is 39.5 Å². The fraction of sp³-hybridized carbons (Fsp3) is 0.174. The van der Waals surface area contributed by atoms with Gasteiger partial charge in [-0.25, -0.2) is 39.5 Å². The van der Waals surface area contributed by atoms with E-state index in [0.717, 1.165) is 0 Å². The summed E-state index contributed by atoms with van der Waals surface area (Å²) < 4.78 is 116. The molecule has 0 aromatic heterocycles. The van der Waals surface area contributed by atoms with Crippen LogP contribution in [0.5, 0.6) is 0 Å². The Balaban J connectivity index is 0.000000203. The molecule has 0 aliphatic carbocycles. The van der Waals surface area contributed by atoms with Gasteiger partial charge < -0.3 is 29.7 Å². The van der Waals surface area contributed by atoms with Gasteiger partial charge in [0, 0.05) is 0 Å². The number of carboxylic acids is 3. The van der Waals surface area contributed by atoms with Crippen molar-refractivity contribution in [3.8, 4) is 0 Å². The number of alkyl halides is 9. The van der Waals surface area contributed by atoms with Crippen LogP contribution in [-0.2, 0) is 90.7 Å². The van der Waals surface area contributed by atoms with E-state index >= 15 is 0 Å². The first kappa shape index (κ1) is 65.8. The first-order valence-corrected chi connectivity index (χ1v) is 26.2. The third-order valence-corrected chi connectivity index (χ3v) is 14.8. The summed E-state index contributed by atoms with van der Waals surface area (Å²) in [5, 5.41) is 37.7. The molecule has 9 aromatic rings. The number of aliphatic carboxylic acids is 3. The average Bonchev–Trinajstić information content (AvgIpc) is 3.08. The minimum absolute atomic E-state index is 0. The molecule has 434 valence electrons. The number of hydrogen-bond donors (Lipinski definition) is 0. The molecule has 16 heteroatoms. The van der Waals surface area contributed by atoms with Crippen molar-refractivity contribution in [2.45, 2.75) is 76.3 Å². The van der Waals surface area contributed by atoms with Crippen molar-refractivity contribution in [1.29, 1.82) is 0 Å². The van der Waals surface area contributed by atoms with Gasteiger partial charge in [-0.3, -0.25) is 0 Å². The van der Waals surface area contributed by atoms with E-state index in [2.05, 4.69) is 0 Å². The second-order valence-corrected chi connectivity index (χ2v) is 19.6. The van der Waals surface area contributed by atoms with Crippen molar-refractivity contribution >= 4 is 44.1 Å². The molecule has 6 nitrogen and oxygen atoms in total. The summed E-state index contributed by atoms with van der Waals surface area (Å²) in [7, 11) is 0. The van der Waals surface area contributed by atoms with Gasteiger partial charge in [-0.1, -0.05) is 218 Å². The zero-order valence-corrected chi connectivity index (χ0v) is 48.9. The second-order valence-electron chi connectivity index (χ2n) is 19.6. The molecule has 0 fully saturated rings. The molecule has 85 heavy (non-hydrogen) atoms. The fourth-order valence-electron chi connectivity index (χ4n) is 10.2. The maximum absolute atomic E-state index is 12.9. The standard InChI is InChI=1S/3C23H19F3O2.Bi/c3*24-13-16-1-7-19(8-2-16)23(22(27)28,20-9-3-17(14-25)4-10-20)21-11-5-18(15-26)6-12-21;/h3*1-12H,13-15H2,(H,27,28);/q;;;+3/p-3. The Kier molecular flexibility index (Phi) is 23.6. The van der Waals surface area contributed by atoms with E-state index in [1.807, 2.05) is 0 Å². The first-order valence-electron chi connectivity index (χ1n) is 26.2. The zero-order valence-electron chi connectivity index (χ0n) is 45.4. The molecule has 0 saturated heterocycles. The van der Waals surface area contributed by atoms with Crippen molar-refractivity contribution in [2.75, 3.05) is 0 Å². The summed E-state index contributed by atoms with van der Waals surface area (Å²) in [6, 6.07) is 54.9. The summed E-state index contributed by atoms with van der Waals surface area (Å²) in [5.41, 5.74) is 1.89. The van der Waals surface area contributed by atoms with E-state index in [4.69, 9.17) is 0 Å². The molecule has 2 radical (unpaired) electrons. The quantitative estimate of drug-likeness (QED) is 0.0401.